The van der Waals surface area contributed by atoms with E-state index in [1.54, 1.807) is 11.1 Å². The maximum atomic E-state index is 2.61. The molecule has 236 valence electrons. The highest BCUT2D eigenvalue weighted by molar-refractivity contribution is 5.92. The summed E-state index contributed by atoms with van der Waals surface area (Å²) in [6.07, 6.45) is 17.4. The van der Waals surface area contributed by atoms with Crippen LogP contribution in [0.5, 0.6) is 0 Å². The van der Waals surface area contributed by atoms with Crippen molar-refractivity contribution >= 4 is 0 Å². The van der Waals surface area contributed by atoms with Crippen LogP contribution in [0.25, 0.3) is 33.4 Å². The quantitative estimate of drug-likeness (QED) is 0.171. The fraction of sp³-hybridized carbons (Fsp3) is 0.467. The first-order valence-corrected chi connectivity index (χ1v) is 18.5. The highest BCUT2D eigenvalue weighted by atomic mass is 14.3. The number of aryl methyl sites for hydroxylation is 2. The minimum atomic E-state index is 0.674. The zero-order valence-corrected chi connectivity index (χ0v) is 28.6. The Morgan fingerprint density at radius 2 is 0.889 bits per heavy atom. The van der Waals surface area contributed by atoms with E-state index < -0.39 is 0 Å². The molecule has 4 aromatic rings. The van der Waals surface area contributed by atoms with E-state index in [2.05, 4.69) is 113 Å². The van der Waals surface area contributed by atoms with Gasteiger partial charge in [-0.3, -0.25) is 0 Å². The van der Waals surface area contributed by atoms with Crippen LogP contribution in [-0.4, -0.2) is 0 Å². The summed E-state index contributed by atoms with van der Waals surface area (Å²) in [5.41, 5.74) is 14.1. The largest absolute Gasteiger partial charge is 0.0654 e. The van der Waals surface area contributed by atoms with E-state index in [0.717, 1.165) is 18.3 Å². The summed E-state index contributed by atoms with van der Waals surface area (Å²) in [5, 5.41) is 0. The normalized spacial score (nSPS) is 22.0. The van der Waals surface area contributed by atoms with Crippen molar-refractivity contribution in [2.75, 3.05) is 0 Å². The van der Waals surface area contributed by atoms with Gasteiger partial charge >= 0.3 is 0 Å². The van der Waals surface area contributed by atoms with Crippen molar-refractivity contribution in [2.24, 2.45) is 11.8 Å². The van der Waals surface area contributed by atoms with Crippen LogP contribution in [-0.2, 0) is 6.42 Å². The first-order valence-electron chi connectivity index (χ1n) is 18.5. The predicted molar refractivity (Wildman–Crippen MR) is 196 cm³/mol. The minimum absolute atomic E-state index is 0.674. The van der Waals surface area contributed by atoms with Gasteiger partial charge in [0.1, 0.15) is 0 Å². The van der Waals surface area contributed by atoms with Gasteiger partial charge in [0.2, 0.25) is 0 Å². The average molecular weight is 597 g/mol. The molecular formula is C45H56. The molecule has 0 aliphatic heterocycles. The summed E-state index contributed by atoms with van der Waals surface area (Å²) in [6, 6.07) is 33.7. The second kappa shape index (κ2) is 15.0. The van der Waals surface area contributed by atoms with Crippen LogP contribution in [0.2, 0.25) is 0 Å². The topological polar surface area (TPSA) is 0 Å². The van der Waals surface area contributed by atoms with Gasteiger partial charge in [-0.1, -0.05) is 137 Å². The molecule has 45 heavy (non-hydrogen) atoms. The summed E-state index contributed by atoms with van der Waals surface area (Å²) in [5.74, 6) is 3.21. The van der Waals surface area contributed by atoms with Gasteiger partial charge in [-0.05, 0) is 138 Å². The van der Waals surface area contributed by atoms with Crippen molar-refractivity contribution in [1.82, 2.24) is 0 Å². The highest BCUT2D eigenvalue weighted by Gasteiger charge is 2.26. The summed E-state index contributed by atoms with van der Waals surface area (Å²) in [7, 11) is 0. The van der Waals surface area contributed by atoms with Crippen LogP contribution in [0.15, 0.2) is 84.9 Å². The zero-order chi connectivity index (χ0) is 31.2. The molecule has 0 unspecified atom stereocenters. The second-order valence-electron chi connectivity index (χ2n) is 14.5. The van der Waals surface area contributed by atoms with Crippen molar-refractivity contribution in [1.29, 1.82) is 0 Å². The van der Waals surface area contributed by atoms with Crippen molar-refractivity contribution in [3.8, 4) is 33.4 Å². The van der Waals surface area contributed by atoms with Gasteiger partial charge in [0.05, 0.1) is 0 Å². The van der Waals surface area contributed by atoms with E-state index in [9.17, 15) is 0 Å². The predicted octanol–water partition coefficient (Wildman–Crippen LogP) is 13.7. The summed E-state index contributed by atoms with van der Waals surface area (Å²) < 4.78 is 0. The lowest BCUT2D eigenvalue weighted by Crippen LogP contribution is -2.13. The number of rotatable bonds is 10. The minimum Gasteiger partial charge on any atom is -0.0654 e. The Bertz CT molecular complexity index is 1510. The van der Waals surface area contributed by atoms with E-state index in [4.69, 9.17) is 0 Å². The molecule has 0 heteroatoms. The fourth-order valence-electron chi connectivity index (χ4n) is 8.62. The molecule has 0 amide bonds. The lowest BCUT2D eigenvalue weighted by atomic mass is 9.75. The maximum Gasteiger partial charge on any atom is -0.00962 e. The van der Waals surface area contributed by atoms with Crippen molar-refractivity contribution in [2.45, 2.75) is 123 Å². The van der Waals surface area contributed by atoms with Crippen LogP contribution in [0.4, 0.5) is 0 Å². The Hall–Kier alpha value is -3.12. The van der Waals surface area contributed by atoms with Crippen LogP contribution < -0.4 is 0 Å². The third-order valence-electron chi connectivity index (χ3n) is 11.4. The molecule has 0 N–H and O–H groups in total. The van der Waals surface area contributed by atoms with Crippen molar-refractivity contribution in [3.63, 3.8) is 0 Å². The van der Waals surface area contributed by atoms with Crippen LogP contribution in [0, 0.1) is 18.8 Å². The van der Waals surface area contributed by atoms with Gasteiger partial charge in [-0.2, -0.15) is 0 Å². The Morgan fingerprint density at radius 3 is 1.29 bits per heavy atom. The molecule has 2 fully saturated rings. The summed E-state index contributed by atoms with van der Waals surface area (Å²) >= 11 is 0. The summed E-state index contributed by atoms with van der Waals surface area (Å²) in [6.45, 7) is 9.14. The molecular weight excluding hydrogens is 540 g/mol. The van der Waals surface area contributed by atoms with E-state index >= 15 is 0 Å². The first-order chi connectivity index (χ1) is 22.1. The summed E-state index contributed by atoms with van der Waals surface area (Å²) in [4.78, 5) is 0. The highest BCUT2D eigenvalue weighted by Crippen LogP contribution is 2.45. The molecule has 4 aromatic carbocycles. The Labute approximate surface area is 274 Å². The third kappa shape index (κ3) is 7.48. The molecule has 0 spiro atoms. The molecule has 2 saturated carbocycles. The van der Waals surface area contributed by atoms with Crippen LogP contribution in [0.3, 0.4) is 0 Å². The molecule has 0 nitrogen and oxygen atoms in total. The molecule has 2 aliphatic rings. The molecule has 0 heterocycles. The number of hydrogen-bond acceptors (Lipinski definition) is 0. The van der Waals surface area contributed by atoms with Crippen molar-refractivity contribution in [3.05, 3.63) is 107 Å². The van der Waals surface area contributed by atoms with Gasteiger partial charge in [0.25, 0.3) is 0 Å². The lowest BCUT2D eigenvalue weighted by Gasteiger charge is -2.30. The molecule has 0 aromatic heterocycles. The SMILES string of the molecule is CCCC1CCC(c2ccc(-c3ccc(C)cc3)c(-c3cc(C4CCC(CCC)CC4)ccc3-c3ccc(CC)cc3)c2)CC1. The number of benzene rings is 4. The smallest absolute Gasteiger partial charge is 0.00962 e. The maximum absolute atomic E-state index is 2.61. The van der Waals surface area contributed by atoms with Gasteiger partial charge in [0.15, 0.2) is 0 Å². The third-order valence-corrected chi connectivity index (χ3v) is 11.4. The second-order valence-corrected chi connectivity index (χ2v) is 14.5. The Balaban J connectivity index is 1.46. The average Bonchev–Trinajstić information content (AvgIpc) is 3.09. The van der Waals surface area contributed by atoms with Gasteiger partial charge in [-0.15, -0.1) is 0 Å². The molecule has 6 rings (SSSR count). The van der Waals surface area contributed by atoms with E-state index in [0.29, 0.717) is 11.8 Å². The molecule has 0 saturated heterocycles. The fourth-order valence-corrected chi connectivity index (χ4v) is 8.62. The lowest BCUT2D eigenvalue weighted by molar-refractivity contribution is 0.308. The molecule has 2 aliphatic carbocycles. The van der Waals surface area contributed by atoms with Gasteiger partial charge in [0, 0.05) is 0 Å². The van der Waals surface area contributed by atoms with Gasteiger partial charge in [-0.25, -0.2) is 0 Å². The van der Waals surface area contributed by atoms with Crippen LogP contribution >= 0.6 is 0 Å². The van der Waals surface area contributed by atoms with E-state index in [-0.39, 0.29) is 0 Å². The van der Waals surface area contributed by atoms with Crippen molar-refractivity contribution < 1.29 is 0 Å². The molecule has 0 atom stereocenters. The van der Waals surface area contributed by atoms with E-state index in [1.807, 2.05) is 0 Å². The monoisotopic (exact) mass is 596 g/mol. The van der Waals surface area contributed by atoms with E-state index in [1.165, 1.54) is 122 Å². The Kier molecular flexibility index (Phi) is 10.6. The van der Waals surface area contributed by atoms with Gasteiger partial charge < -0.3 is 0 Å². The van der Waals surface area contributed by atoms with Crippen LogP contribution in [0.1, 0.15) is 132 Å². The molecule has 0 bridgehead atoms. The first kappa shape index (κ1) is 31.8. The number of hydrogen-bond donors (Lipinski definition) is 0. The standard InChI is InChI=1S/C45H56/c1-5-8-34-14-20-36(21-15-34)40-26-28-42(38-18-10-32(4)11-19-38)44(30-40)45-31-41(37-22-16-35(9-6-2)17-23-37)27-29-43(45)39-24-12-33(7-3)13-25-39/h10-13,18-19,24-31,34-37H,5-9,14-17,20-23H2,1-4H3. The zero-order valence-electron chi connectivity index (χ0n) is 28.6. The molecule has 0 radical (unpaired) electrons. The Morgan fingerprint density at radius 1 is 0.467 bits per heavy atom.